The number of rotatable bonds is 3. The molecule has 1 aromatic carbocycles. The van der Waals surface area contributed by atoms with E-state index in [1.54, 1.807) is 6.07 Å². The van der Waals surface area contributed by atoms with Crippen LogP contribution in [0.25, 0.3) is 0 Å². The van der Waals surface area contributed by atoms with Crippen LogP contribution >= 0.6 is 15.9 Å². The number of likely N-dealkylation sites (N-methyl/N-ethyl adjacent to an activating group) is 1. The summed E-state index contributed by atoms with van der Waals surface area (Å²) in [7, 11) is 2.01. The Balaban J connectivity index is 1.90. The molecule has 2 rings (SSSR count). The third kappa shape index (κ3) is 3.99. The Morgan fingerprint density at radius 1 is 1.63 bits per heavy atom. The van der Waals surface area contributed by atoms with Crippen LogP contribution in [0.2, 0.25) is 0 Å². The van der Waals surface area contributed by atoms with E-state index in [1.165, 1.54) is 12.1 Å². The highest BCUT2D eigenvalue weighted by atomic mass is 79.9. The third-order valence-electron chi connectivity index (χ3n) is 3.01. The maximum atomic E-state index is 13.6. The lowest BCUT2D eigenvalue weighted by atomic mass is 10.2. The van der Waals surface area contributed by atoms with Gasteiger partial charge in [0, 0.05) is 24.1 Å². The van der Waals surface area contributed by atoms with Crippen LogP contribution in [0.15, 0.2) is 22.7 Å². The first-order valence-electron chi connectivity index (χ1n) is 6.09. The van der Waals surface area contributed by atoms with Crippen molar-refractivity contribution in [3.63, 3.8) is 0 Å². The van der Waals surface area contributed by atoms with Gasteiger partial charge in [-0.05, 0) is 25.2 Å². The van der Waals surface area contributed by atoms with Crippen molar-refractivity contribution in [1.82, 2.24) is 10.2 Å². The molecule has 6 heteroatoms. The number of nitrogens with one attached hydrogen (secondary N) is 1. The monoisotopic (exact) mass is 330 g/mol. The number of hydrogen-bond acceptors (Lipinski definition) is 3. The van der Waals surface area contributed by atoms with Gasteiger partial charge in [-0.25, -0.2) is 4.39 Å². The minimum Gasteiger partial charge on any atom is -0.374 e. The Morgan fingerprint density at radius 2 is 2.42 bits per heavy atom. The van der Waals surface area contributed by atoms with Crippen molar-refractivity contribution in [2.45, 2.75) is 6.10 Å². The highest BCUT2D eigenvalue weighted by molar-refractivity contribution is 9.10. The summed E-state index contributed by atoms with van der Waals surface area (Å²) in [5.74, 6) is -0.949. The van der Waals surface area contributed by atoms with E-state index in [9.17, 15) is 9.18 Å². The molecule has 1 aliphatic heterocycles. The molecule has 0 aromatic heterocycles. The molecule has 1 aliphatic rings. The topological polar surface area (TPSA) is 41.6 Å². The zero-order valence-corrected chi connectivity index (χ0v) is 12.2. The molecule has 19 heavy (non-hydrogen) atoms. The molecule has 0 aliphatic carbocycles. The quantitative estimate of drug-likeness (QED) is 0.916. The number of morpholine rings is 1. The number of carbonyl (C=O) groups is 1. The fourth-order valence-electron chi connectivity index (χ4n) is 1.97. The van der Waals surface area contributed by atoms with Gasteiger partial charge in [-0.3, -0.25) is 4.79 Å². The van der Waals surface area contributed by atoms with Crippen molar-refractivity contribution in [3.8, 4) is 0 Å². The van der Waals surface area contributed by atoms with Crippen molar-refractivity contribution in [3.05, 3.63) is 34.1 Å². The minimum absolute atomic E-state index is 0.0405. The summed E-state index contributed by atoms with van der Waals surface area (Å²) in [6, 6.07) is 4.38. The molecule has 1 amide bonds. The van der Waals surface area contributed by atoms with E-state index in [0.717, 1.165) is 13.1 Å². The standard InChI is InChI=1S/C13H16BrFN2O2/c1-17-4-5-19-10(8-17)7-16-13(18)11-3-2-9(14)6-12(11)15/h2-3,6,10H,4-5,7-8H2,1H3,(H,16,18). The second-order valence-corrected chi connectivity index (χ2v) is 5.50. The number of benzene rings is 1. The highest BCUT2D eigenvalue weighted by Crippen LogP contribution is 2.15. The lowest BCUT2D eigenvalue weighted by Gasteiger charge is -2.30. The highest BCUT2D eigenvalue weighted by Gasteiger charge is 2.19. The van der Waals surface area contributed by atoms with Gasteiger partial charge < -0.3 is 15.0 Å². The molecule has 1 fully saturated rings. The zero-order valence-electron chi connectivity index (χ0n) is 10.7. The van der Waals surface area contributed by atoms with Crippen LogP contribution in [0, 0.1) is 5.82 Å². The van der Waals surface area contributed by atoms with Crippen molar-refractivity contribution in [1.29, 1.82) is 0 Å². The second kappa shape index (κ2) is 6.45. The second-order valence-electron chi connectivity index (χ2n) is 4.59. The fraction of sp³-hybridized carbons (Fsp3) is 0.462. The summed E-state index contributed by atoms with van der Waals surface area (Å²) in [6.07, 6.45) is -0.0405. The van der Waals surface area contributed by atoms with Gasteiger partial charge in [-0.1, -0.05) is 15.9 Å². The van der Waals surface area contributed by atoms with Crippen molar-refractivity contribution in [2.24, 2.45) is 0 Å². The number of amides is 1. The molecule has 1 unspecified atom stereocenters. The molecule has 1 heterocycles. The lowest BCUT2D eigenvalue weighted by molar-refractivity contribution is -0.0175. The Bertz CT molecular complexity index is 470. The maximum absolute atomic E-state index is 13.6. The largest absolute Gasteiger partial charge is 0.374 e. The average molecular weight is 331 g/mol. The Hall–Kier alpha value is -0.980. The van der Waals surface area contributed by atoms with Gasteiger partial charge >= 0.3 is 0 Å². The van der Waals surface area contributed by atoms with Gasteiger partial charge in [-0.2, -0.15) is 0 Å². The summed E-state index contributed by atoms with van der Waals surface area (Å²) in [6.45, 7) is 2.71. The third-order valence-corrected chi connectivity index (χ3v) is 3.50. The van der Waals surface area contributed by atoms with Gasteiger partial charge in [0.15, 0.2) is 0 Å². The molecule has 0 radical (unpaired) electrons. The number of carbonyl (C=O) groups excluding carboxylic acids is 1. The summed E-state index contributed by atoms with van der Waals surface area (Å²) in [4.78, 5) is 14.0. The zero-order chi connectivity index (χ0) is 13.8. The van der Waals surface area contributed by atoms with Crippen LogP contribution in [0.4, 0.5) is 4.39 Å². The summed E-state index contributed by atoms with van der Waals surface area (Å²) in [5.41, 5.74) is 0.0485. The van der Waals surface area contributed by atoms with Crippen LogP contribution in [0.3, 0.4) is 0 Å². The molecule has 4 nitrogen and oxygen atoms in total. The number of nitrogens with zero attached hydrogens (tertiary/aromatic N) is 1. The van der Waals surface area contributed by atoms with Gasteiger partial charge in [0.2, 0.25) is 0 Å². The van der Waals surface area contributed by atoms with Crippen molar-refractivity contribution in [2.75, 3.05) is 33.3 Å². The van der Waals surface area contributed by atoms with E-state index >= 15 is 0 Å². The first-order chi connectivity index (χ1) is 9.06. The Kier molecular flexibility index (Phi) is 4.90. The molecule has 104 valence electrons. The minimum atomic E-state index is -0.534. The number of halogens is 2. The molecule has 0 saturated carbocycles. The van der Waals surface area contributed by atoms with E-state index in [-0.39, 0.29) is 11.7 Å². The van der Waals surface area contributed by atoms with Crippen LogP contribution in [-0.4, -0.2) is 50.2 Å². The van der Waals surface area contributed by atoms with Gasteiger partial charge in [0.05, 0.1) is 18.3 Å². The summed E-state index contributed by atoms with van der Waals surface area (Å²) in [5, 5.41) is 2.70. The number of ether oxygens (including phenoxy) is 1. The summed E-state index contributed by atoms with van der Waals surface area (Å²) < 4.78 is 19.7. The van der Waals surface area contributed by atoms with E-state index in [2.05, 4.69) is 26.1 Å². The van der Waals surface area contributed by atoms with E-state index in [1.807, 2.05) is 7.05 Å². The molecule has 0 bridgehead atoms. The first-order valence-corrected chi connectivity index (χ1v) is 6.89. The smallest absolute Gasteiger partial charge is 0.254 e. The molecular formula is C13H16BrFN2O2. The van der Waals surface area contributed by atoms with E-state index in [0.29, 0.717) is 17.6 Å². The molecule has 0 spiro atoms. The fourth-order valence-corrected chi connectivity index (χ4v) is 2.30. The SMILES string of the molecule is CN1CCOC(CNC(=O)c2ccc(Br)cc2F)C1. The van der Waals surface area contributed by atoms with E-state index < -0.39 is 11.7 Å². The van der Waals surface area contributed by atoms with Crippen LogP contribution in [0.1, 0.15) is 10.4 Å². The van der Waals surface area contributed by atoms with Crippen LogP contribution in [0.5, 0.6) is 0 Å². The van der Waals surface area contributed by atoms with Crippen LogP contribution < -0.4 is 5.32 Å². The molecule has 1 aromatic rings. The molecule has 1 atom stereocenters. The lowest BCUT2D eigenvalue weighted by Crippen LogP contribution is -2.46. The van der Waals surface area contributed by atoms with Gasteiger partial charge in [0.25, 0.3) is 5.91 Å². The predicted octanol–water partition coefficient (Wildman–Crippen LogP) is 1.65. The average Bonchev–Trinajstić information content (AvgIpc) is 2.36. The molecule has 1 N–H and O–H groups in total. The summed E-state index contributed by atoms with van der Waals surface area (Å²) >= 11 is 3.16. The predicted molar refractivity (Wildman–Crippen MR) is 73.7 cm³/mol. The number of hydrogen-bond donors (Lipinski definition) is 1. The Morgan fingerprint density at radius 3 is 3.11 bits per heavy atom. The van der Waals surface area contributed by atoms with Crippen molar-refractivity contribution >= 4 is 21.8 Å². The normalized spacial score (nSPS) is 20.3. The van der Waals surface area contributed by atoms with Gasteiger partial charge in [-0.15, -0.1) is 0 Å². The van der Waals surface area contributed by atoms with E-state index in [4.69, 9.17) is 4.74 Å². The first kappa shape index (κ1) is 14.4. The van der Waals surface area contributed by atoms with Crippen molar-refractivity contribution < 1.29 is 13.9 Å². The Labute approximate surface area is 120 Å². The maximum Gasteiger partial charge on any atom is 0.254 e. The van der Waals surface area contributed by atoms with Crippen LogP contribution in [-0.2, 0) is 4.74 Å². The van der Waals surface area contributed by atoms with Gasteiger partial charge in [0.1, 0.15) is 5.82 Å². The molecule has 1 saturated heterocycles. The molecular weight excluding hydrogens is 315 g/mol.